The molecule has 0 bridgehead atoms. The number of fused-ring (bicyclic) bond motifs is 1. The number of carbonyl (C=O) groups excluding carboxylic acids is 2. The van der Waals surface area contributed by atoms with Gasteiger partial charge in [0.05, 0.1) is 42.5 Å². The van der Waals surface area contributed by atoms with E-state index in [1.165, 1.54) is 13.3 Å². The first-order valence-corrected chi connectivity index (χ1v) is 11.2. The van der Waals surface area contributed by atoms with Gasteiger partial charge in [-0.2, -0.15) is 0 Å². The van der Waals surface area contributed by atoms with E-state index in [1.807, 2.05) is 79.5 Å². The Labute approximate surface area is 208 Å². The van der Waals surface area contributed by atoms with Gasteiger partial charge in [-0.15, -0.1) is 0 Å². The fraction of sp³-hybridized carbons (Fsp3) is 0.143. The normalized spacial score (nSPS) is 11.4. The molecule has 0 aliphatic rings. The Morgan fingerprint density at radius 2 is 1.78 bits per heavy atom. The van der Waals surface area contributed by atoms with E-state index in [1.54, 1.807) is 23.1 Å². The summed E-state index contributed by atoms with van der Waals surface area (Å²) in [4.78, 5) is 34.5. The number of benzene rings is 3. The van der Waals surface area contributed by atoms with Gasteiger partial charge < -0.3 is 19.7 Å². The highest BCUT2D eigenvalue weighted by Gasteiger charge is 2.20. The number of ether oxygens (including phenoxy) is 1. The maximum absolute atomic E-state index is 12.0. The largest absolute Gasteiger partial charge is 0.494 e. The van der Waals surface area contributed by atoms with Crippen LogP contribution in [0.5, 0.6) is 5.88 Å². The van der Waals surface area contributed by atoms with E-state index in [9.17, 15) is 14.7 Å². The number of nitrogens with zero attached hydrogens (tertiary/aromatic N) is 3. The van der Waals surface area contributed by atoms with Crippen molar-refractivity contribution in [3.63, 3.8) is 0 Å². The molecular weight excluding hydrogens is 456 g/mol. The number of aromatic amines is 1. The van der Waals surface area contributed by atoms with Crippen molar-refractivity contribution in [1.29, 1.82) is 0 Å². The van der Waals surface area contributed by atoms with Crippen molar-refractivity contribution in [3.05, 3.63) is 95.7 Å². The Bertz CT molecular complexity index is 1450. The zero-order chi connectivity index (χ0) is 25.7. The zero-order valence-electron chi connectivity index (χ0n) is 20.2. The minimum Gasteiger partial charge on any atom is -0.494 e. The molecule has 1 aromatic heterocycles. The summed E-state index contributed by atoms with van der Waals surface area (Å²) in [7, 11) is 5.15. The van der Waals surface area contributed by atoms with Crippen LogP contribution >= 0.6 is 0 Å². The summed E-state index contributed by atoms with van der Waals surface area (Å²) >= 11 is 0. The van der Waals surface area contributed by atoms with Crippen molar-refractivity contribution in [2.75, 3.05) is 32.8 Å². The van der Waals surface area contributed by atoms with E-state index in [2.05, 4.69) is 4.98 Å². The van der Waals surface area contributed by atoms with Gasteiger partial charge in [0.2, 0.25) is 0 Å². The third-order valence-electron chi connectivity index (χ3n) is 5.55. The summed E-state index contributed by atoms with van der Waals surface area (Å²) in [5.41, 5.74) is 4.34. The van der Waals surface area contributed by atoms with Crippen molar-refractivity contribution >= 4 is 39.9 Å². The second kappa shape index (κ2) is 10.7. The van der Waals surface area contributed by atoms with Crippen LogP contribution in [0, 0.1) is 0 Å². The Hall–Kier alpha value is -4.65. The van der Waals surface area contributed by atoms with E-state index in [4.69, 9.17) is 9.73 Å². The summed E-state index contributed by atoms with van der Waals surface area (Å²) in [6.45, 7) is 0.518. The van der Waals surface area contributed by atoms with Crippen LogP contribution in [0.2, 0.25) is 0 Å². The minimum absolute atomic E-state index is 0.0560. The standard InChI is InChI=1S/C28H26N4O4/c1-31(2)18-32(15-16-33)22-12-10-21(11-13-22)29-26(19-7-5-4-6-8-19)25-23-14-9-20(28(35)36-3)17-24(23)30-27(25)34/h4-15,17,30,34H,18H2,1-3H3. The highest BCUT2D eigenvalue weighted by molar-refractivity contribution is 6.22. The number of hydrogen-bond acceptors (Lipinski definition) is 7. The molecule has 4 aromatic rings. The third-order valence-corrected chi connectivity index (χ3v) is 5.55. The van der Waals surface area contributed by atoms with Gasteiger partial charge in [0.15, 0.2) is 5.88 Å². The molecule has 0 atom stereocenters. The number of methoxy groups -OCH3 is 1. The zero-order valence-corrected chi connectivity index (χ0v) is 20.2. The summed E-state index contributed by atoms with van der Waals surface area (Å²) in [5, 5.41) is 11.6. The third kappa shape index (κ3) is 5.20. The predicted molar refractivity (Wildman–Crippen MR) is 141 cm³/mol. The van der Waals surface area contributed by atoms with Crippen LogP contribution < -0.4 is 4.90 Å². The summed E-state index contributed by atoms with van der Waals surface area (Å²) in [6, 6.07) is 22.1. The number of aliphatic imine (C=N–C) groups is 1. The minimum atomic E-state index is -0.461. The van der Waals surface area contributed by atoms with Gasteiger partial charge in [0.1, 0.15) is 5.94 Å². The molecule has 0 radical (unpaired) electrons. The molecule has 0 saturated carbocycles. The van der Waals surface area contributed by atoms with Gasteiger partial charge in [0.25, 0.3) is 0 Å². The van der Waals surface area contributed by atoms with E-state index in [-0.39, 0.29) is 5.88 Å². The number of rotatable bonds is 8. The number of aromatic nitrogens is 1. The number of aromatic hydroxyl groups is 1. The SMILES string of the molecule is COC(=O)c1ccc2c(C(=Nc3ccc(N(C=C=O)CN(C)C)cc3)c3ccccc3)c(O)[nH]c2c1. The molecule has 3 aromatic carbocycles. The van der Waals surface area contributed by atoms with Crippen molar-refractivity contribution in [2.24, 2.45) is 4.99 Å². The lowest BCUT2D eigenvalue weighted by atomic mass is 10.00. The maximum atomic E-state index is 12.0. The highest BCUT2D eigenvalue weighted by Crippen LogP contribution is 2.32. The molecule has 0 saturated heterocycles. The molecule has 0 aliphatic heterocycles. The topological polar surface area (TPSA) is 98.2 Å². The highest BCUT2D eigenvalue weighted by atomic mass is 16.5. The fourth-order valence-electron chi connectivity index (χ4n) is 3.94. The monoisotopic (exact) mass is 482 g/mol. The quantitative estimate of drug-likeness (QED) is 0.166. The van der Waals surface area contributed by atoms with Crippen LogP contribution in [0.4, 0.5) is 11.4 Å². The molecular formula is C28H26N4O4. The van der Waals surface area contributed by atoms with Gasteiger partial charge in [-0.3, -0.25) is 4.90 Å². The van der Waals surface area contributed by atoms with Crippen molar-refractivity contribution < 1.29 is 19.4 Å². The first-order chi connectivity index (χ1) is 17.4. The van der Waals surface area contributed by atoms with E-state index < -0.39 is 5.97 Å². The van der Waals surface area contributed by atoms with E-state index >= 15 is 0 Å². The Balaban J connectivity index is 1.81. The van der Waals surface area contributed by atoms with Crippen LogP contribution in [-0.2, 0) is 9.53 Å². The molecule has 0 spiro atoms. The lowest BCUT2D eigenvalue weighted by Crippen LogP contribution is -2.29. The average molecular weight is 483 g/mol. The first-order valence-electron chi connectivity index (χ1n) is 11.2. The van der Waals surface area contributed by atoms with E-state index in [0.717, 1.165) is 11.3 Å². The smallest absolute Gasteiger partial charge is 0.337 e. The van der Waals surface area contributed by atoms with Crippen LogP contribution in [-0.4, -0.2) is 60.5 Å². The fourth-order valence-corrected chi connectivity index (χ4v) is 3.94. The van der Waals surface area contributed by atoms with Crippen molar-refractivity contribution in [1.82, 2.24) is 9.88 Å². The van der Waals surface area contributed by atoms with Gasteiger partial charge >= 0.3 is 5.97 Å². The molecule has 0 unspecified atom stereocenters. The Morgan fingerprint density at radius 1 is 1.06 bits per heavy atom. The molecule has 2 N–H and O–H groups in total. The molecule has 1 heterocycles. The maximum Gasteiger partial charge on any atom is 0.337 e. The Morgan fingerprint density at radius 3 is 2.42 bits per heavy atom. The van der Waals surface area contributed by atoms with Gasteiger partial charge in [-0.05, 0) is 50.5 Å². The molecule has 8 nitrogen and oxygen atoms in total. The summed E-state index contributed by atoms with van der Waals surface area (Å²) < 4.78 is 4.81. The predicted octanol–water partition coefficient (Wildman–Crippen LogP) is 4.50. The molecule has 0 amide bonds. The van der Waals surface area contributed by atoms with Gasteiger partial charge in [-0.1, -0.05) is 36.4 Å². The number of nitrogens with one attached hydrogen (secondary N) is 1. The lowest BCUT2D eigenvalue weighted by molar-refractivity contribution is 0.0601. The van der Waals surface area contributed by atoms with Gasteiger partial charge in [-0.25, -0.2) is 14.6 Å². The molecule has 4 rings (SSSR count). The first kappa shape index (κ1) is 24.5. The average Bonchev–Trinajstić information content (AvgIpc) is 3.21. The Kier molecular flexibility index (Phi) is 7.30. The molecule has 36 heavy (non-hydrogen) atoms. The van der Waals surface area contributed by atoms with Crippen LogP contribution in [0.15, 0.2) is 84.0 Å². The lowest BCUT2D eigenvalue weighted by Gasteiger charge is -2.23. The molecule has 0 fully saturated rings. The number of carbonyl (C=O) groups is 1. The second-order valence-corrected chi connectivity index (χ2v) is 8.38. The number of esters is 1. The van der Waals surface area contributed by atoms with Crippen LogP contribution in [0.3, 0.4) is 0 Å². The molecule has 0 aliphatic carbocycles. The van der Waals surface area contributed by atoms with Crippen molar-refractivity contribution in [2.45, 2.75) is 0 Å². The van der Waals surface area contributed by atoms with E-state index in [0.29, 0.717) is 40.1 Å². The number of anilines is 1. The molecule has 8 heteroatoms. The van der Waals surface area contributed by atoms with Crippen LogP contribution in [0.25, 0.3) is 10.9 Å². The van der Waals surface area contributed by atoms with Crippen LogP contribution in [0.1, 0.15) is 21.5 Å². The number of H-pyrrole nitrogens is 1. The molecule has 182 valence electrons. The van der Waals surface area contributed by atoms with Gasteiger partial charge in [0, 0.05) is 22.2 Å². The summed E-state index contributed by atoms with van der Waals surface area (Å²) in [5.74, 6) is 1.32. The number of hydrogen-bond donors (Lipinski definition) is 2. The second-order valence-electron chi connectivity index (χ2n) is 8.38. The van der Waals surface area contributed by atoms with Crippen molar-refractivity contribution in [3.8, 4) is 5.88 Å². The summed E-state index contributed by atoms with van der Waals surface area (Å²) in [6.07, 6.45) is 1.36.